The van der Waals surface area contributed by atoms with Gasteiger partial charge in [-0.15, -0.1) is 13.2 Å². The van der Waals surface area contributed by atoms with Gasteiger partial charge >= 0.3 is 6.36 Å². The van der Waals surface area contributed by atoms with Gasteiger partial charge in [0.25, 0.3) is 0 Å². The normalized spacial score (nSPS) is 22.1. The highest BCUT2D eigenvalue weighted by Crippen LogP contribution is 2.36. The summed E-state index contributed by atoms with van der Waals surface area (Å²) >= 11 is 0. The topological polar surface area (TPSA) is 102 Å². The van der Waals surface area contributed by atoms with Gasteiger partial charge in [-0.3, -0.25) is 4.79 Å². The van der Waals surface area contributed by atoms with Crippen LogP contribution < -0.4 is 25.0 Å². The van der Waals surface area contributed by atoms with E-state index in [2.05, 4.69) is 30.3 Å². The van der Waals surface area contributed by atoms with E-state index < -0.39 is 12.2 Å². The number of nitrogens with zero attached hydrogens (tertiary/aromatic N) is 4. The number of carbonyl (C=O) groups is 1. The first kappa shape index (κ1) is 23.8. The molecule has 2 aromatic heterocycles. The number of ether oxygens (including phenoxy) is 2. The Bertz CT molecular complexity index is 1040. The zero-order valence-electron chi connectivity index (χ0n) is 19.3. The van der Waals surface area contributed by atoms with Crippen molar-refractivity contribution in [1.29, 1.82) is 0 Å². The molecule has 1 aliphatic heterocycles. The van der Waals surface area contributed by atoms with Gasteiger partial charge in [-0.05, 0) is 37.7 Å². The molecule has 3 heterocycles. The van der Waals surface area contributed by atoms with Crippen molar-refractivity contribution in [3.63, 3.8) is 0 Å². The summed E-state index contributed by atoms with van der Waals surface area (Å²) in [6.07, 6.45) is -1.89. The van der Waals surface area contributed by atoms with Gasteiger partial charge in [0.1, 0.15) is 17.5 Å². The van der Waals surface area contributed by atoms with Crippen LogP contribution in [0, 0.1) is 18.8 Å². The molecule has 2 aromatic rings. The Kier molecular flexibility index (Phi) is 6.41. The largest absolute Gasteiger partial charge is 0.574 e. The number of rotatable bonds is 7. The predicted octanol–water partition coefficient (Wildman–Crippen LogP) is 3.76. The number of aromatic nitrogens is 3. The van der Waals surface area contributed by atoms with Gasteiger partial charge in [-0.25, -0.2) is 9.97 Å². The Balaban J connectivity index is 1.29. The van der Waals surface area contributed by atoms with Gasteiger partial charge < -0.3 is 25.0 Å². The van der Waals surface area contributed by atoms with Crippen LogP contribution in [0.3, 0.4) is 0 Å². The van der Waals surface area contributed by atoms with Crippen LogP contribution in [0.15, 0.2) is 18.3 Å². The number of nitrogens with one attached hydrogen (secondary N) is 2. The molecule has 1 amide bonds. The standard InChI is InChI=1S/C22H27F3N6O3/c1-11(2)18-20(32)29-17-12(3)27-21(30-19(17)31(18)4)28-14-7-13(8-14)10-33-15-5-6-16(26-9-15)34-22(23,24)25/h5-6,9,11,13-14,18H,7-8,10H2,1-4H3,(H,29,32)(H,27,28,30)/t13-,14+,18-/m0/s1. The first-order valence-electron chi connectivity index (χ1n) is 11.0. The number of halogens is 3. The molecule has 2 aliphatic rings. The van der Waals surface area contributed by atoms with E-state index in [0.717, 1.165) is 18.9 Å². The molecular weight excluding hydrogens is 453 g/mol. The molecule has 0 bridgehead atoms. The summed E-state index contributed by atoms with van der Waals surface area (Å²) in [6, 6.07) is 2.39. The third-order valence-electron chi connectivity index (χ3n) is 5.95. The van der Waals surface area contributed by atoms with Crippen LogP contribution in [0.2, 0.25) is 0 Å². The first-order valence-corrected chi connectivity index (χ1v) is 11.0. The molecule has 12 heteroatoms. The number of amides is 1. The molecule has 184 valence electrons. The molecule has 1 atom stereocenters. The molecular formula is C22H27F3N6O3. The van der Waals surface area contributed by atoms with Crippen molar-refractivity contribution in [2.24, 2.45) is 11.8 Å². The molecule has 0 radical (unpaired) electrons. The number of hydrogen-bond donors (Lipinski definition) is 2. The van der Waals surface area contributed by atoms with Gasteiger partial charge in [0, 0.05) is 19.2 Å². The lowest BCUT2D eigenvalue weighted by Gasteiger charge is -2.38. The summed E-state index contributed by atoms with van der Waals surface area (Å²) < 4.78 is 46.0. The maximum Gasteiger partial charge on any atom is 0.574 e. The average Bonchev–Trinajstić information content (AvgIpc) is 2.70. The third-order valence-corrected chi connectivity index (χ3v) is 5.95. The smallest absolute Gasteiger partial charge is 0.492 e. The van der Waals surface area contributed by atoms with E-state index in [4.69, 9.17) is 4.74 Å². The zero-order chi connectivity index (χ0) is 24.6. The van der Waals surface area contributed by atoms with Crippen molar-refractivity contribution in [3.05, 3.63) is 24.0 Å². The maximum atomic E-state index is 12.5. The highest BCUT2D eigenvalue weighted by molar-refractivity contribution is 6.03. The third kappa shape index (κ3) is 5.26. The quantitative estimate of drug-likeness (QED) is 0.618. The van der Waals surface area contributed by atoms with E-state index in [0.29, 0.717) is 35.5 Å². The fourth-order valence-electron chi connectivity index (χ4n) is 4.30. The monoisotopic (exact) mass is 480 g/mol. The minimum Gasteiger partial charge on any atom is -0.492 e. The number of likely N-dealkylation sites (N-methyl/N-ethyl adjacent to an activating group) is 1. The van der Waals surface area contributed by atoms with E-state index in [1.165, 1.54) is 12.3 Å². The van der Waals surface area contributed by atoms with Gasteiger partial charge in [0.2, 0.25) is 17.7 Å². The Morgan fingerprint density at radius 2 is 2.00 bits per heavy atom. The summed E-state index contributed by atoms with van der Waals surface area (Å²) in [5, 5.41) is 6.28. The van der Waals surface area contributed by atoms with Crippen LogP contribution in [-0.2, 0) is 4.79 Å². The lowest BCUT2D eigenvalue weighted by molar-refractivity contribution is -0.276. The fourth-order valence-corrected chi connectivity index (χ4v) is 4.30. The van der Waals surface area contributed by atoms with Crippen LogP contribution >= 0.6 is 0 Å². The van der Waals surface area contributed by atoms with Crippen molar-refractivity contribution in [3.8, 4) is 11.6 Å². The summed E-state index contributed by atoms with van der Waals surface area (Å²) in [4.78, 5) is 27.1. The van der Waals surface area contributed by atoms with E-state index in [1.54, 1.807) is 0 Å². The SMILES string of the molecule is Cc1nc(N[C@H]2C[C@@H](COc3ccc(OC(F)(F)F)nc3)C2)nc2c1NC(=O)[C@H](C(C)C)N2C. The molecule has 9 nitrogen and oxygen atoms in total. The second-order valence-electron chi connectivity index (χ2n) is 8.99. The highest BCUT2D eigenvalue weighted by Gasteiger charge is 2.36. The highest BCUT2D eigenvalue weighted by atomic mass is 19.4. The molecule has 34 heavy (non-hydrogen) atoms. The van der Waals surface area contributed by atoms with Gasteiger partial charge in [0.15, 0.2) is 5.82 Å². The zero-order valence-corrected chi connectivity index (χ0v) is 19.3. The molecule has 1 aliphatic carbocycles. The molecule has 0 unspecified atom stereocenters. The molecule has 0 spiro atoms. The number of carbonyl (C=O) groups excluding carboxylic acids is 1. The van der Waals surface area contributed by atoms with Gasteiger partial charge in [0.05, 0.1) is 18.5 Å². The fraction of sp³-hybridized carbons (Fsp3) is 0.545. The van der Waals surface area contributed by atoms with Crippen molar-refractivity contribution in [2.45, 2.75) is 52.1 Å². The van der Waals surface area contributed by atoms with Crippen LogP contribution in [0.4, 0.5) is 30.6 Å². The number of alkyl halides is 3. The van der Waals surface area contributed by atoms with Gasteiger partial charge in [-0.2, -0.15) is 4.98 Å². The number of hydrogen-bond acceptors (Lipinski definition) is 8. The minimum atomic E-state index is -4.77. The van der Waals surface area contributed by atoms with Crippen molar-refractivity contribution in [2.75, 3.05) is 29.2 Å². The van der Waals surface area contributed by atoms with Crippen LogP contribution in [0.25, 0.3) is 0 Å². The van der Waals surface area contributed by atoms with E-state index in [1.807, 2.05) is 32.7 Å². The predicted molar refractivity (Wildman–Crippen MR) is 119 cm³/mol. The van der Waals surface area contributed by atoms with E-state index in [9.17, 15) is 18.0 Å². The molecule has 1 fully saturated rings. The lowest BCUT2D eigenvalue weighted by atomic mass is 9.81. The van der Waals surface area contributed by atoms with Crippen LogP contribution in [0.1, 0.15) is 32.4 Å². The van der Waals surface area contributed by atoms with Crippen molar-refractivity contribution in [1.82, 2.24) is 15.0 Å². The number of anilines is 3. The second kappa shape index (κ2) is 9.15. The average molecular weight is 480 g/mol. The molecule has 4 rings (SSSR count). The number of fused-ring (bicyclic) bond motifs is 1. The Labute approximate surface area is 195 Å². The Morgan fingerprint density at radius 3 is 2.62 bits per heavy atom. The van der Waals surface area contributed by atoms with Crippen LogP contribution in [-0.4, -0.2) is 53.0 Å². The Morgan fingerprint density at radius 1 is 1.26 bits per heavy atom. The number of pyridine rings is 1. The lowest BCUT2D eigenvalue weighted by Crippen LogP contribution is -2.50. The van der Waals surface area contributed by atoms with Crippen molar-refractivity contribution >= 4 is 23.4 Å². The molecule has 1 saturated carbocycles. The van der Waals surface area contributed by atoms with Gasteiger partial charge in [-0.1, -0.05) is 13.8 Å². The Hall–Kier alpha value is -3.31. The maximum absolute atomic E-state index is 12.5. The summed E-state index contributed by atoms with van der Waals surface area (Å²) in [6.45, 7) is 6.26. The second-order valence-corrected chi connectivity index (χ2v) is 8.99. The molecule has 0 aromatic carbocycles. The summed E-state index contributed by atoms with van der Waals surface area (Å²) in [5.41, 5.74) is 1.33. The first-order chi connectivity index (χ1) is 16.0. The molecule has 0 saturated heterocycles. The van der Waals surface area contributed by atoms with E-state index >= 15 is 0 Å². The number of aryl methyl sites for hydroxylation is 1. The van der Waals surface area contributed by atoms with Crippen LogP contribution in [0.5, 0.6) is 11.6 Å². The summed E-state index contributed by atoms with van der Waals surface area (Å²) in [5.74, 6) is 1.41. The molecule has 2 N–H and O–H groups in total. The minimum absolute atomic E-state index is 0.0584. The van der Waals surface area contributed by atoms with Crippen molar-refractivity contribution < 1.29 is 27.4 Å². The van der Waals surface area contributed by atoms with E-state index in [-0.39, 0.29) is 29.8 Å². The summed E-state index contributed by atoms with van der Waals surface area (Å²) in [7, 11) is 1.87.